The molecule has 0 spiro atoms. The summed E-state index contributed by atoms with van der Waals surface area (Å²) in [6.45, 7) is 3.92. The Kier molecular flexibility index (Phi) is 4.47. The van der Waals surface area contributed by atoms with Crippen LogP contribution < -0.4 is 5.32 Å². The lowest BCUT2D eigenvalue weighted by molar-refractivity contribution is 0.273. The lowest BCUT2D eigenvalue weighted by atomic mass is 10.1. The maximum atomic E-state index is 9.47. The molecule has 1 aromatic heterocycles. The second-order valence-electron chi connectivity index (χ2n) is 4.69. The van der Waals surface area contributed by atoms with Gasteiger partial charge in [-0.25, -0.2) is 9.97 Å². The Morgan fingerprint density at radius 2 is 1.74 bits per heavy atom. The minimum atomic E-state index is -0.0800. The first-order chi connectivity index (χ1) is 9.17. The Hall–Kier alpha value is -1.94. The molecular weight excluding hydrogens is 238 g/mol. The SMILES string of the molecule is Cc1cc(C)nc(NC(CO)Cc2ccccc2)n1. The highest BCUT2D eigenvalue weighted by Gasteiger charge is 2.10. The second-order valence-corrected chi connectivity index (χ2v) is 4.69. The highest BCUT2D eigenvalue weighted by molar-refractivity contribution is 5.30. The molecule has 4 nitrogen and oxygen atoms in total. The normalized spacial score (nSPS) is 12.2. The van der Waals surface area contributed by atoms with Crippen LogP contribution in [0.1, 0.15) is 17.0 Å². The third kappa shape index (κ3) is 4.03. The van der Waals surface area contributed by atoms with E-state index in [1.165, 1.54) is 5.56 Å². The molecular formula is C15H19N3O. The average molecular weight is 257 g/mol. The van der Waals surface area contributed by atoms with E-state index in [-0.39, 0.29) is 12.6 Å². The summed E-state index contributed by atoms with van der Waals surface area (Å²) in [6, 6.07) is 11.9. The Morgan fingerprint density at radius 3 is 2.32 bits per heavy atom. The van der Waals surface area contributed by atoms with Crippen LogP contribution in [0.15, 0.2) is 36.4 Å². The maximum absolute atomic E-state index is 9.47. The van der Waals surface area contributed by atoms with E-state index in [0.29, 0.717) is 5.95 Å². The van der Waals surface area contributed by atoms with Gasteiger partial charge in [0.25, 0.3) is 0 Å². The van der Waals surface area contributed by atoms with Crippen molar-refractivity contribution >= 4 is 5.95 Å². The number of aromatic nitrogens is 2. The fraction of sp³-hybridized carbons (Fsp3) is 0.333. The van der Waals surface area contributed by atoms with Gasteiger partial charge in [0, 0.05) is 11.4 Å². The molecule has 2 rings (SSSR count). The van der Waals surface area contributed by atoms with Crippen molar-refractivity contribution in [2.45, 2.75) is 26.3 Å². The Morgan fingerprint density at radius 1 is 1.11 bits per heavy atom. The zero-order chi connectivity index (χ0) is 13.7. The van der Waals surface area contributed by atoms with Crippen molar-refractivity contribution in [1.29, 1.82) is 0 Å². The zero-order valence-corrected chi connectivity index (χ0v) is 11.3. The lowest BCUT2D eigenvalue weighted by Gasteiger charge is -2.16. The molecule has 2 N–H and O–H groups in total. The molecule has 0 radical (unpaired) electrons. The van der Waals surface area contributed by atoms with E-state index < -0.39 is 0 Å². The van der Waals surface area contributed by atoms with Gasteiger partial charge in [-0.2, -0.15) is 0 Å². The van der Waals surface area contributed by atoms with Crippen molar-refractivity contribution in [1.82, 2.24) is 9.97 Å². The van der Waals surface area contributed by atoms with E-state index in [0.717, 1.165) is 17.8 Å². The number of aliphatic hydroxyl groups is 1. The third-order valence-electron chi connectivity index (χ3n) is 2.86. The average Bonchev–Trinajstić information content (AvgIpc) is 2.38. The number of aliphatic hydroxyl groups excluding tert-OH is 1. The van der Waals surface area contributed by atoms with Gasteiger partial charge in [-0.1, -0.05) is 30.3 Å². The van der Waals surface area contributed by atoms with Gasteiger partial charge in [-0.05, 0) is 31.9 Å². The van der Waals surface area contributed by atoms with E-state index in [1.54, 1.807) is 0 Å². The van der Waals surface area contributed by atoms with E-state index >= 15 is 0 Å². The number of nitrogens with one attached hydrogen (secondary N) is 1. The van der Waals surface area contributed by atoms with Crippen molar-refractivity contribution in [3.05, 3.63) is 53.3 Å². The molecule has 0 bridgehead atoms. The fourth-order valence-corrected chi connectivity index (χ4v) is 2.03. The molecule has 0 fully saturated rings. The molecule has 1 aromatic carbocycles. The maximum Gasteiger partial charge on any atom is 0.223 e. The van der Waals surface area contributed by atoms with Crippen LogP contribution >= 0.6 is 0 Å². The molecule has 1 atom stereocenters. The van der Waals surface area contributed by atoms with Gasteiger partial charge < -0.3 is 10.4 Å². The van der Waals surface area contributed by atoms with Crippen LogP contribution in [0.4, 0.5) is 5.95 Å². The molecule has 1 heterocycles. The molecule has 0 saturated heterocycles. The van der Waals surface area contributed by atoms with E-state index in [2.05, 4.69) is 15.3 Å². The second kappa shape index (κ2) is 6.29. The van der Waals surface area contributed by atoms with E-state index in [4.69, 9.17) is 0 Å². The monoisotopic (exact) mass is 257 g/mol. The van der Waals surface area contributed by atoms with Crippen molar-refractivity contribution in [2.75, 3.05) is 11.9 Å². The van der Waals surface area contributed by atoms with Crippen molar-refractivity contribution in [3.63, 3.8) is 0 Å². The first-order valence-electron chi connectivity index (χ1n) is 6.41. The molecule has 0 aliphatic carbocycles. The topological polar surface area (TPSA) is 58.0 Å². The quantitative estimate of drug-likeness (QED) is 0.861. The molecule has 0 amide bonds. The summed E-state index contributed by atoms with van der Waals surface area (Å²) >= 11 is 0. The summed E-state index contributed by atoms with van der Waals surface area (Å²) in [5.41, 5.74) is 3.02. The highest BCUT2D eigenvalue weighted by atomic mass is 16.3. The molecule has 0 aliphatic rings. The summed E-state index contributed by atoms with van der Waals surface area (Å²) in [5.74, 6) is 0.576. The van der Waals surface area contributed by atoms with Crippen molar-refractivity contribution in [3.8, 4) is 0 Å². The number of aryl methyl sites for hydroxylation is 2. The van der Waals surface area contributed by atoms with Crippen LogP contribution in [0.2, 0.25) is 0 Å². The molecule has 4 heteroatoms. The van der Waals surface area contributed by atoms with Gasteiger partial charge >= 0.3 is 0 Å². The summed E-state index contributed by atoms with van der Waals surface area (Å²) in [5, 5.41) is 12.7. The first kappa shape index (κ1) is 13.5. The van der Waals surface area contributed by atoms with E-state index in [1.807, 2.05) is 50.2 Å². The van der Waals surface area contributed by atoms with Crippen molar-refractivity contribution < 1.29 is 5.11 Å². The summed E-state index contributed by atoms with van der Waals surface area (Å²) in [7, 11) is 0. The minimum absolute atomic E-state index is 0.0469. The predicted molar refractivity (Wildman–Crippen MR) is 76.1 cm³/mol. The van der Waals surface area contributed by atoms with Crippen LogP contribution in [-0.4, -0.2) is 27.7 Å². The fourth-order valence-electron chi connectivity index (χ4n) is 2.03. The van der Waals surface area contributed by atoms with Gasteiger partial charge in [0.2, 0.25) is 5.95 Å². The van der Waals surface area contributed by atoms with E-state index in [9.17, 15) is 5.11 Å². The molecule has 19 heavy (non-hydrogen) atoms. The number of benzene rings is 1. The molecule has 0 aliphatic heterocycles. The predicted octanol–water partition coefficient (Wildman–Crippen LogP) is 2.11. The third-order valence-corrected chi connectivity index (χ3v) is 2.86. The smallest absolute Gasteiger partial charge is 0.223 e. The Bertz CT molecular complexity index is 508. The van der Waals surface area contributed by atoms with Gasteiger partial charge in [0.05, 0.1) is 12.6 Å². The van der Waals surface area contributed by atoms with Crippen LogP contribution in [0.3, 0.4) is 0 Å². The summed E-state index contributed by atoms with van der Waals surface area (Å²) in [4.78, 5) is 8.66. The molecule has 100 valence electrons. The number of nitrogens with zero attached hydrogens (tertiary/aromatic N) is 2. The Labute approximate surface area is 113 Å². The highest BCUT2D eigenvalue weighted by Crippen LogP contribution is 2.09. The number of rotatable bonds is 5. The van der Waals surface area contributed by atoms with Crippen LogP contribution in [0.25, 0.3) is 0 Å². The van der Waals surface area contributed by atoms with Gasteiger partial charge in [-0.15, -0.1) is 0 Å². The van der Waals surface area contributed by atoms with Crippen LogP contribution in [0.5, 0.6) is 0 Å². The number of hydrogen-bond donors (Lipinski definition) is 2. The first-order valence-corrected chi connectivity index (χ1v) is 6.41. The van der Waals surface area contributed by atoms with Crippen LogP contribution in [0, 0.1) is 13.8 Å². The standard InChI is InChI=1S/C15H19N3O/c1-11-8-12(2)17-15(16-11)18-14(10-19)9-13-6-4-3-5-7-13/h3-8,14,19H,9-10H2,1-2H3,(H,16,17,18). The van der Waals surface area contributed by atoms with Gasteiger partial charge in [0.1, 0.15) is 0 Å². The number of hydrogen-bond acceptors (Lipinski definition) is 4. The summed E-state index contributed by atoms with van der Waals surface area (Å²) in [6.07, 6.45) is 0.744. The molecule has 0 saturated carbocycles. The Balaban J connectivity index is 2.06. The summed E-state index contributed by atoms with van der Waals surface area (Å²) < 4.78 is 0. The van der Waals surface area contributed by atoms with Crippen molar-refractivity contribution in [2.24, 2.45) is 0 Å². The molecule has 2 aromatic rings. The van der Waals surface area contributed by atoms with Gasteiger partial charge in [0.15, 0.2) is 0 Å². The molecule has 1 unspecified atom stereocenters. The minimum Gasteiger partial charge on any atom is -0.394 e. The van der Waals surface area contributed by atoms with Crippen LogP contribution in [-0.2, 0) is 6.42 Å². The van der Waals surface area contributed by atoms with Gasteiger partial charge in [-0.3, -0.25) is 0 Å². The zero-order valence-electron chi connectivity index (χ0n) is 11.3. The lowest BCUT2D eigenvalue weighted by Crippen LogP contribution is -2.27. The largest absolute Gasteiger partial charge is 0.394 e. The number of anilines is 1.